The molecular weight excluding hydrogens is 491 g/mol. The molecule has 0 fully saturated rings. The van der Waals surface area contributed by atoms with E-state index in [0.717, 1.165) is 0 Å². The zero-order valence-electron chi connectivity index (χ0n) is 20.1. The molecule has 190 valence electrons. The number of hydrogen-bond acceptors (Lipinski definition) is 8. The Morgan fingerprint density at radius 2 is 1.84 bits per heavy atom. The Kier molecular flexibility index (Phi) is 6.98. The summed E-state index contributed by atoms with van der Waals surface area (Å²) in [7, 11) is 0. The van der Waals surface area contributed by atoms with E-state index in [2.05, 4.69) is 25.5 Å². The number of benzene rings is 2. The number of carbonyl (C=O) groups is 2. The van der Waals surface area contributed by atoms with E-state index < -0.39 is 18.0 Å². The topological polar surface area (TPSA) is 125 Å². The molecule has 0 aliphatic carbocycles. The van der Waals surface area contributed by atoms with Gasteiger partial charge < -0.3 is 14.6 Å². The number of nitrogens with one attached hydrogen (secondary N) is 1. The fourth-order valence-electron chi connectivity index (χ4n) is 3.80. The summed E-state index contributed by atoms with van der Waals surface area (Å²) in [5, 5.41) is 11.2. The molecule has 5 aromatic rings. The van der Waals surface area contributed by atoms with Crippen LogP contribution in [0.5, 0.6) is 0 Å². The first kappa shape index (κ1) is 24.5. The molecule has 38 heavy (non-hydrogen) atoms. The molecular formula is C27H21FN6O4. The summed E-state index contributed by atoms with van der Waals surface area (Å²) >= 11 is 0. The second-order valence-electron chi connectivity index (χ2n) is 8.20. The standard InChI is InChI=1S/C27H21FN6O4/c1-17(35)38-25(18-7-3-2-4-8-18)27(36)31-24-11-13-29-26(30-24)22-15-23(21-12-14-37-33-21)34(32-22)16-19-9-5-6-10-20(19)28/h2-15,25H,16H2,1H3,(H,29,30,31,36). The second-order valence-corrected chi connectivity index (χ2v) is 8.20. The van der Waals surface area contributed by atoms with Crippen molar-refractivity contribution >= 4 is 17.7 Å². The van der Waals surface area contributed by atoms with Crippen molar-refractivity contribution in [3.8, 4) is 22.9 Å². The molecule has 0 spiro atoms. The maximum atomic E-state index is 14.3. The number of carbonyl (C=O) groups excluding carboxylic acids is 2. The quantitative estimate of drug-likeness (QED) is 0.303. The highest BCUT2D eigenvalue weighted by molar-refractivity contribution is 5.95. The van der Waals surface area contributed by atoms with Crippen LogP contribution in [-0.2, 0) is 20.9 Å². The third-order valence-corrected chi connectivity index (χ3v) is 5.52. The summed E-state index contributed by atoms with van der Waals surface area (Å²) in [6.45, 7) is 1.36. The Morgan fingerprint density at radius 1 is 1.05 bits per heavy atom. The van der Waals surface area contributed by atoms with Gasteiger partial charge in [0.05, 0.1) is 12.2 Å². The molecule has 11 heteroatoms. The number of amides is 1. The van der Waals surface area contributed by atoms with Crippen LogP contribution in [0.1, 0.15) is 24.2 Å². The largest absolute Gasteiger partial charge is 0.447 e. The van der Waals surface area contributed by atoms with Crippen LogP contribution in [0.2, 0.25) is 0 Å². The number of halogens is 1. The Labute approximate surface area is 216 Å². The molecule has 1 atom stereocenters. The van der Waals surface area contributed by atoms with Crippen molar-refractivity contribution < 1.29 is 23.2 Å². The van der Waals surface area contributed by atoms with Gasteiger partial charge in [-0.05, 0) is 18.2 Å². The lowest BCUT2D eigenvalue weighted by molar-refractivity contribution is -0.152. The molecule has 5 rings (SSSR count). The van der Waals surface area contributed by atoms with Gasteiger partial charge in [0.15, 0.2) is 5.82 Å². The predicted octanol–water partition coefficient (Wildman–Crippen LogP) is 4.43. The maximum Gasteiger partial charge on any atom is 0.303 e. The molecule has 0 saturated carbocycles. The molecule has 1 amide bonds. The molecule has 0 saturated heterocycles. The van der Waals surface area contributed by atoms with Crippen LogP contribution >= 0.6 is 0 Å². The van der Waals surface area contributed by atoms with E-state index in [0.29, 0.717) is 28.2 Å². The molecule has 0 radical (unpaired) electrons. The number of anilines is 1. The minimum Gasteiger partial charge on any atom is -0.447 e. The van der Waals surface area contributed by atoms with Crippen molar-refractivity contribution in [1.29, 1.82) is 0 Å². The van der Waals surface area contributed by atoms with Crippen LogP contribution in [0, 0.1) is 5.82 Å². The summed E-state index contributed by atoms with van der Waals surface area (Å²) in [5.41, 5.74) is 2.38. The van der Waals surface area contributed by atoms with E-state index in [1.165, 1.54) is 31.5 Å². The predicted molar refractivity (Wildman–Crippen MR) is 134 cm³/mol. The number of aromatic nitrogens is 5. The highest BCUT2D eigenvalue weighted by atomic mass is 19.1. The fraction of sp³-hybridized carbons (Fsp3) is 0.111. The first-order valence-electron chi connectivity index (χ1n) is 11.6. The van der Waals surface area contributed by atoms with Crippen molar-refractivity contribution in [3.63, 3.8) is 0 Å². The molecule has 0 bridgehead atoms. The van der Waals surface area contributed by atoms with Gasteiger partial charge in [0, 0.05) is 30.3 Å². The summed E-state index contributed by atoms with van der Waals surface area (Å²) in [6, 6.07) is 19.9. The van der Waals surface area contributed by atoms with E-state index in [-0.39, 0.29) is 24.0 Å². The SMILES string of the molecule is CC(=O)OC(C(=O)Nc1ccnc(-c2cc(-c3ccon3)n(Cc3ccccc3F)n2)n1)c1ccccc1. The lowest BCUT2D eigenvalue weighted by Crippen LogP contribution is -2.25. The van der Waals surface area contributed by atoms with Gasteiger partial charge in [-0.15, -0.1) is 0 Å². The van der Waals surface area contributed by atoms with E-state index in [1.807, 2.05) is 0 Å². The van der Waals surface area contributed by atoms with Gasteiger partial charge in [-0.3, -0.25) is 14.3 Å². The Bertz CT molecular complexity index is 1570. The average molecular weight is 513 g/mol. The maximum absolute atomic E-state index is 14.3. The molecule has 2 aromatic carbocycles. The highest BCUT2D eigenvalue weighted by Crippen LogP contribution is 2.26. The van der Waals surface area contributed by atoms with Crippen LogP contribution in [0.15, 0.2) is 89.8 Å². The Balaban J connectivity index is 1.44. The summed E-state index contributed by atoms with van der Waals surface area (Å²) in [5.74, 6) is -1.15. The first-order valence-corrected chi connectivity index (χ1v) is 11.6. The molecule has 0 aliphatic rings. The van der Waals surface area contributed by atoms with E-state index in [4.69, 9.17) is 9.26 Å². The first-order chi connectivity index (χ1) is 18.5. The van der Waals surface area contributed by atoms with Crippen molar-refractivity contribution in [2.75, 3.05) is 5.32 Å². The van der Waals surface area contributed by atoms with Gasteiger partial charge in [-0.2, -0.15) is 5.10 Å². The Hall–Kier alpha value is -5.19. The summed E-state index contributed by atoms with van der Waals surface area (Å²) in [4.78, 5) is 33.4. The molecule has 1 unspecified atom stereocenters. The monoisotopic (exact) mass is 512 g/mol. The van der Waals surface area contributed by atoms with Crippen LogP contribution < -0.4 is 5.32 Å². The van der Waals surface area contributed by atoms with Crippen LogP contribution in [0.25, 0.3) is 22.9 Å². The van der Waals surface area contributed by atoms with Crippen LogP contribution in [0.3, 0.4) is 0 Å². The third kappa shape index (κ3) is 5.46. The van der Waals surface area contributed by atoms with E-state index >= 15 is 0 Å². The lowest BCUT2D eigenvalue weighted by atomic mass is 10.1. The van der Waals surface area contributed by atoms with Gasteiger partial charge in [-0.1, -0.05) is 53.7 Å². The van der Waals surface area contributed by atoms with E-state index in [1.54, 1.807) is 65.3 Å². The van der Waals surface area contributed by atoms with Gasteiger partial charge in [0.1, 0.15) is 29.3 Å². The third-order valence-electron chi connectivity index (χ3n) is 5.52. The summed E-state index contributed by atoms with van der Waals surface area (Å²) in [6.07, 6.45) is 1.73. The van der Waals surface area contributed by atoms with Gasteiger partial charge in [0.25, 0.3) is 5.91 Å². The summed E-state index contributed by atoms with van der Waals surface area (Å²) < 4.78 is 26.2. The van der Waals surface area contributed by atoms with Gasteiger partial charge >= 0.3 is 5.97 Å². The zero-order chi connectivity index (χ0) is 26.5. The van der Waals surface area contributed by atoms with Crippen molar-refractivity contribution in [1.82, 2.24) is 24.9 Å². The van der Waals surface area contributed by atoms with Gasteiger partial charge in [-0.25, -0.2) is 14.4 Å². The fourth-order valence-corrected chi connectivity index (χ4v) is 3.80. The minimum atomic E-state index is -1.16. The van der Waals surface area contributed by atoms with Crippen LogP contribution in [-0.4, -0.2) is 36.8 Å². The van der Waals surface area contributed by atoms with Crippen LogP contribution in [0.4, 0.5) is 10.2 Å². The number of nitrogens with zero attached hydrogens (tertiary/aromatic N) is 5. The molecule has 0 aliphatic heterocycles. The molecule has 1 N–H and O–H groups in total. The minimum absolute atomic E-state index is 0.131. The highest BCUT2D eigenvalue weighted by Gasteiger charge is 2.24. The molecule has 10 nitrogen and oxygen atoms in total. The average Bonchev–Trinajstić information content (AvgIpc) is 3.59. The van der Waals surface area contributed by atoms with Crippen molar-refractivity contribution in [2.24, 2.45) is 0 Å². The van der Waals surface area contributed by atoms with E-state index in [9.17, 15) is 14.0 Å². The second kappa shape index (κ2) is 10.8. The van der Waals surface area contributed by atoms with Crippen molar-refractivity contribution in [2.45, 2.75) is 19.6 Å². The van der Waals surface area contributed by atoms with Gasteiger partial charge in [0.2, 0.25) is 6.10 Å². The number of esters is 1. The lowest BCUT2D eigenvalue weighted by Gasteiger charge is -2.16. The van der Waals surface area contributed by atoms with Crippen molar-refractivity contribution in [3.05, 3.63) is 102 Å². The zero-order valence-corrected chi connectivity index (χ0v) is 20.1. The number of ether oxygens (including phenoxy) is 1. The number of rotatable bonds is 8. The smallest absolute Gasteiger partial charge is 0.303 e. The molecule has 3 aromatic heterocycles. The normalized spacial score (nSPS) is 11.6. The molecule has 3 heterocycles. The Morgan fingerprint density at radius 3 is 2.58 bits per heavy atom. The number of hydrogen-bond donors (Lipinski definition) is 1.